The zero-order chi connectivity index (χ0) is 22.9. The van der Waals surface area contributed by atoms with Crippen LogP contribution < -0.4 is 19.5 Å². The molecule has 0 bridgehead atoms. The van der Waals surface area contributed by atoms with Gasteiger partial charge in [-0.05, 0) is 35.9 Å². The second kappa shape index (κ2) is 11.2. The van der Waals surface area contributed by atoms with Gasteiger partial charge in [0.2, 0.25) is 5.75 Å². The summed E-state index contributed by atoms with van der Waals surface area (Å²) in [6, 6.07) is 22.0. The number of methoxy groups -OCH3 is 3. The Labute approximate surface area is 189 Å². The Morgan fingerprint density at radius 2 is 1.31 bits per heavy atom. The Bertz CT molecular complexity index is 995. The van der Waals surface area contributed by atoms with E-state index in [2.05, 4.69) is 53.7 Å². The van der Waals surface area contributed by atoms with Crippen LogP contribution in [-0.4, -0.2) is 39.2 Å². The average Bonchev–Trinajstić information content (AvgIpc) is 2.82. The molecular formula is C26H30N2O4. The largest absolute Gasteiger partial charge is 0.493 e. The maximum atomic E-state index is 12.7. The lowest BCUT2D eigenvalue weighted by Gasteiger charge is -2.17. The number of nitrogens with zero attached hydrogens (tertiary/aromatic N) is 1. The minimum atomic E-state index is -0.212. The topological polar surface area (TPSA) is 60.0 Å². The number of hydrogen-bond acceptors (Lipinski definition) is 5. The molecule has 0 aliphatic rings. The maximum Gasteiger partial charge on any atom is 0.251 e. The monoisotopic (exact) mass is 434 g/mol. The van der Waals surface area contributed by atoms with E-state index in [1.807, 2.05) is 18.2 Å². The smallest absolute Gasteiger partial charge is 0.251 e. The van der Waals surface area contributed by atoms with E-state index >= 15 is 0 Å². The summed E-state index contributed by atoms with van der Waals surface area (Å²) < 4.78 is 16.0. The molecule has 0 spiro atoms. The van der Waals surface area contributed by atoms with Crippen LogP contribution in [0.15, 0.2) is 66.7 Å². The predicted octanol–water partition coefficient (Wildman–Crippen LogP) is 4.27. The number of ether oxygens (including phenoxy) is 3. The van der Waals surface area contributed by atoms with Gasteiger partial charge in [0, 0.05) is 25.2 Å². The summed E-state index contributed by atoms with van der Waals surface area (Å²) >= 11 is 0. The van der Waals surface area contributed by atoms with Gasteiger partial charge in [-0.15, -0.1) is 0 Å². The molecule has 168 valence electrons. The molecular weight excluding hydrogens is 404 g/mol. The van der Waals surface area contributed by atoms with Gasteiger partial charge in [0.25, 0.3) is 5.91 Å². The molecule has 3 aromatic rings. The highest BCUT2D eigenvalue weighted by atomic mass is 16.5. The van der Waals surface area contributed by atoms with Crippen molar-refractivity contribution in [3.8, 4) is 17.2 Å². The van der Waals surface area contributed by atoms with Gasteiger partial charge in [-0.25, -0.2) is 0 Å². The molecule has 3 rings (SSSR count). The van der Waals surface area contributed by atoms with Crippen molar-refractivity contribution in [2.45, 2.75) is 19.6 Å². The zero-order valence-electron chi connectivity index (χ0n) is 19.1. The number of rotatable bonds is 10. The van der Waals surface area contributed by atoms with Gasteiger partial charge in [-0.1, -0.05) is 54.6 Å². The maximum absolute atomic E-state index is 12.7. The third kappa shape index (κ3) is 6.02. The van der Waals surface area contributed by atoms with Crippen molar-refractivity contribution in [1.82, 2.24) is 10.2 Å². The first-order chi connectivity index (χ1) is 15.5. The van der Waals surface area contributed by atoms with Crippen LogP contribution in [0.5, 0.6) is 17.2 Å². The minimum absolute atomic E-state index is 0.212. The fraction of sp³-hybridized carbons (Fsp3) is 0.269. The molecule has 32 heavy (non-hydrogen) atoms. The van der Waals surface area contributed by atoms with Crippen molar-refractivity contribution in [3.05, 3.63) is 89.0 Å². The summed E-state index contributed by atoms with van der Waals surface area (Å²) in [6.45, 7) is 2.18. The van der Waals surface area contributed by atoms with E-state index in [1.165, 1.54) is 32.5 Å². The molecule has 1 N–H and O–H groups in total. The van der Waals surface area contributed by atoms with Gasteiger partial charge >= 0.3 is 0 Å². The lowest BCUT2D eigenvalue weighted by molar-refractivity contribution is 0.0950. The molecule has 1 amide bonds. The van der Waals surface area contributed by atoms with Crippen molar-refractivity contribution >= 4 is 5.91 Å². The van der Waals surface area contributed by atoms with E-state index in [9.17, 15) is 4.79 Å². The summed E-state index contributed by atoms with van der Waals surface area (Å²) in [5, 5.41) is 2.95. The second-order valence-electron chi connectivity index (χ2n) is 7.57. The van der Waals surface area contributed by atoms with Gasteiger partial charge < -0.3 is 19.5 Å². The van der Waals surface area contributed by atoms with E-state index in [1.54, 1.807) is 12.1 Å². The number of carbonyl (C=O) groups is 1. The highest BCUT2D eigenvalue weighted by molar-refractivity contribution is 5.95. The van der Waals surface area contributed by atoms with E-state index in [-0.39, 0.29) is 5.91 Å². The van der Waals surface area contributed by atoms with Gasteiger partial charge in [-0.2, -0.15) is 0 Å². The molecule has 6 nitrogen and oxygen atoms in total. The van der Waals surface area contributed by atoms with E-state index in [4.69, 9.17) is 14.2 Å². The van der Waals surface area contributed by atoms with Crippen LogP contribution in [0.3, 0.4) is 0 Å². The molecule has 0 aliphatic carbocycles. The quantitative estimate of drug-likeness (QED) is 0.516. The fourth-order valence-corrected chi connectivity index (χ4v) is 3.52. The van der Waals surface area contributed by atoms with Crippen molar-refractivity contribution in [1.29, 1.82) is 0 Å². The number of benzene rings is 3. The van der Waals surface area contributed by atoms with Gasteiger partial charge in [-0.3, -0.25) is 9.69 Å². The van der Waals surface area contributed by atoms with Crippen LogP contribution >= 0.6 is 0 Å². The molecule has 0 heterocycles. The summed E-state index contributed by atoms with van der Waals surface area (Å²) in [4.78, 5) is 14.9. The molecule has 0 unspecified atom stereocenters. The molecule has 0 aromatic heterocycles. The Hall–Kier alpha value is -3.51. The van der Waals surface area contributed by atoms with E-state index < -0.39 is 0 Å². The highest BCUT2D eigenvalue weighted by Crippen LogP contribution is 2.38. The first-order valence-electron chi connectivity index (χ1n) is 10.4. The van der Waals surface area contributed by atoms with E-state index in [0.29, 0.717) is 29.4 Å². The molecule has 0 saturated carbocycles. The van der Waals surface area contributed by atoms with Crippen LogP contribution in [0.4, 0.5) is 0 Å². The van der Waals surface area contributed by atoms with Gasteiger partial charge in [0.15, 0.2) is 11.5 Å². The SMILES string of the molecule is COc1cc(C(=O)NCc2ccc(CN(C)Cc3ccccc3)cc2)cc(OC)c1OC. The summed E-state index contributed by atoms with van der Waals surface area (Å²) in [5.74, 6) is 1.14. The molecule has 0 aliphatic heterocycles. The Balaban J connectivity index is 1.57. The Morgan fingerprint density at radius 1 is 0.781 bits per heavy atom. The van der Waals surface area contributed by atoms with Gasteiger partial charge in [0.05, 0.1) is 21.3 Å². The summed E-state index contributed by atoms with van der Waals surface area (Å²) in [5.41, 5.74) is 3.99. The highest BCUT2D eigenvalue weighted by Gasteiger charge is 2.16. The zero-order valence-corrected chi connectivity index (χ0v) is 19.1. The standard InChI is InChI=1S/C26H30N2O4/c1-28(17-20-8-6-5-7-9-20)18-21-12-10-19(11-13-21)16-27-26(29)22-14-23(30-2)25(32-4)24(15-22)31-3/h5-15H,16-18H2,1-4H3,(H,27,29). The number of amides is 1. The molecule has 0 radical (unpaired) electrons. The molecule has 0 atom stereocenters. The number of hydrogen-bond donors (Lipinski definition) is 1. The first kappa shape index (κ1) is 23.2. The van der Waals surface area contributed by atoms with E-state index in [0.717, 1.165) is 18.7 Å². The number of nitrogens with one attached hydrogen (secondary N) is 1. The van der Waals surface area contributed by atoms with Crippen molar-refractivity contribution in [2.24, 2.45) is 0 Å². The molecule has 3 aromatic carbocycles. The second-order valence-corrected chi connectivity index (χ2v) is 7.57. The Morgan fingerprint density at radius 3 is 1.84 bits per heavy atom. The molecule has 0 fully saturated rings. The molecule has 6 heteroatoms. The van der Waals surface area contributed by atoms with Crippen LogP contribution in [0.25, 0.3) is 0 Å². The van der Waals surface area contributed by atoms with Crippen LogP contribution in [-0.2, 0) is 19.6 Å². The van der Waals surface area contributed by atoms with Gasteiger partial charge in [0.1, 0.15) is 0 Å². The normalized spacial score (nSPS) is 10.7. The lowest BCUT2D eigenvalue weighted by Crippen LogP contribution is -2.23. The predicted molar refractivity (Wildman–Crippen MR) is 125 cm³/mol. The first-order valence-corrected chi connectivity index (χ1v) is 10.4. The third-order valence-corrected chi connectivity index (χ3v) is 5.15. The van der Waals surface area contributed by atoms with Crippen LogP contribution in [0.1, 0.15) is 27.0 Å². The summed E-state index contributed by atoms with van der Waals surface area (Å²) in [6.07, 6.45) is 0. The van der Waals surface area contributed by atoms with Crippen LogP contribution in [0.2, 0.25) is 0 Å². The minimum Gasteiger partial charge on any atom is -0.493 e. The average molecular weight is 435 g/mol. The summed E-state index contributed by atoms with van der Waals surface area (Å²) in [7, 11) is 6.69. The van der Waals surface area contributed by atoms with Crippen molar-refractivity contribution < 1.29 is 19.0 Å². The number of carbonyl (C=O) groups excluding carboxylic acids is 1. The third-order valence-electron chi connectivity index (χ3n) is 5.15. The Kier molecular flexibility index (Phi) is 8.11. The van der Waals surface area contributed by atoms with Crippen molar-refractivity contribution in [2.75, 3.05) is 28.4 Å². The molecule has 0 saturated heterocycles. The van der Waals surface area contributed by atoms with Crippen molar-refractivity contribution in [3.63, 3.8) is 0 Å². The lowest BCUT2D eigenvalue weighted by atomic mass is 10.1. The van der Waals surface area contributed by atoms with Crippen LogP contribution in [0, 0.1) is 0 Å². The fourth-order valence-electron chi connectivity index (χ4n) is 3.52.